The van der Waals surface area contributed by atoms with Crippen molar-refractivity contribution in [1.82, 2.24) is 9.55 Å². The zero-order chi connectivity index (χ0) is 14.4. The number of hydrogen-bond acceptors (Lipinski definition) is 4. The second-order valence-corrected chi connectivity index (χ2v) is 4.97. The molecule has 0 saturated heterocycles. The molecular weight excluding hydrogens is 282 g/mol. The maximum atomic E-state index is 12.5. The van der Waals surface area contributed by atoms with Crippen LogP contribution < -0.4 is 5.06 Å². The number of imidazole rings is 1. The first-order valence-electron chi connectivity index (χ1n) is 6.05. The zero-order valence-electron chi connectivity index (χ0n) is 10.9. The molecular formula is C13H12ClN3O3. The number of aromatic nitrogens is 2. The van der Waals surface area contributed by atoms with Crippen molar-refractivity contribution in [2.75, 3.05) is 7.11 Å². The number of nitrogens with zero attached hydrogens (tertiary/aromatic N) is 2. The normalized spacial score (nSPS) is 20.2. The van der Waals surface area contributed by atoms with Crippen molar-refractivity contribution in [3.63, 3.8) is 0 Å². The monoisotopic (exact) mass is 293 g/mol. The lowest BCUT2D eigenvalue weighted by atomic mass is 10.1. The quantitative estimate of drug-likeness (QED) is 0.637. The Bertz CT molecular complexity index is 698. The van der Waals surface area contributed by atoms with Gasteiger partial charge in [-0.1, -0.05) is 17.7 Å². The molecule has 0 amide bonds. The Labute approximate surface area is 120 Å². The van der Waals surface area contributed by atoms with Crippen LogP contribution in [0.15, 0.2) is 24.5 Å². The lowest BCUT2D eigenvalue weighted by molar-refractivity contribution is -0.813. The Hall–Kier alpha value is -1.89. The molecule has 7 heteroatoms. The topological polar surface area (TPSA) is 71.6 Å². The van der Waals surface area contributed by atoms with E-state index in [1.54, 1.807) is 29.7 Å². The number of rotatable bonds is 1. The van der Waals surface area contributed by atoms with Gasteiger partial charge in [-0.25, -0.2) is 9.78 Å². The van der Waals surface area contributed by atoms with E-state index < -0.39 is 12.0 Å². The molecule has 0 spiro atoms. The standard InChI is InChI=1S/C13H12ClN3O3/c1-7-11-10(13(18)20-2)15-6-16(11)9-5-3-4-8(14)12(9)17(7)19/h3-7,17H,1-2H3. The lowest BCUT2D eigenvalue weighted by Gasteiger charge is -2.35. The molecule has 1 aromatic heterocycles. The van der Waals surface area contributed by atoms with Gasteiger partial charge in [-0.05, 0) is 19.1 Å². The Kier molecular flexibility index (Phi) is 3.01. The SMILES string of the molecule is COC(=O)c1ncn2c1C(C)[NH+]([O-])c1c(Cl)cccc1-2. The number of nitrogens with one attached hydrogen (secondary N) is 1. The van der Waals surface area contributed by atoms with E-state index in [9.17, 15) is 10.0 Å². The summed E-state index contributed by atoms with van der Waals surface area (Å²) in [5.41, 5.74) is 1.80. The van der Waals surface area contributed by atoms with Crippen LogP contribution in [0.5, 0.6) is 0 Å². The van der Waals surface area contributed by atoms with E-state index in [0.29, 0.717) is 22.1 Å². The van der Waals surface area contributed by atoms with Crippen LogP contribution in [0, 0.1) is 5.21 Å². The van der Waals surface area contributed by atoms with Crippen LogP contribution in [0.1, 0.15) is 29.1 Å². The predicted molar refractivity (Wildman–Crippen MR) is 72.3 cm³/mol. The number of hydrogen-bond donors (Lipinski definition) is 1. The van der Waals surface area contributed by atoms with E-state index in [0.717, 1.165) is 0 Å². The van der Waals surface area contributed by atoms with E-state index >= 15 is 0 Å². The van der Waals surface area contributed by atoms with Crippen LogP contribution in [-0.2, 0) is 4.74 Å². The maximum absolute atomic E-state index is 12.5. The van der Waals surface area contributed by atoms with Crippen molar-refractivity contribution in [2.45, 2.75) is 13.0 Å². The van der Waals surface area contributed by atoms with Gasteiger partial charge in [0.25, 0.3) is 0 Å². The van der Waals surface area contributed by atoms with Gasteiger partial charge < -0.3 is 15.0 Å². The van der Waals surface area contributed by atoms with E-state index in [-0.39, 0.29) is 10.8 Å². The number of methoxy groups -OCH3 is 1. The van der Waals surface area contributed by atoms with Gasteiger partial charge in [-0.15, -0.1) is 0 Å². The minimum atomic E-state index is -0.552. The first-order valence-corrected chi connectivity index (χ1v) is 6.42. The van der Waals surface area contributed by atoms with Crippen LogP contribution >= 0.6 is 11.6 Å². The average Bonchev–Trinajstić information content (AvgIpc) is 2.88. The van der Waals surface area contributed by atoms with Gasteiger partial charge >= 0.3 is 5.97 Å². The smallest absolute Gasteiger partial charge is 0.358 e. The molecule has 6 nitrogen and oxygen atoms in total. The molecule has 1 N–H and O–H groups in total. The first-order chi connectivity index (χ1) is 9.56. The summed E-state index contributed by atoms with van der Waals surface area (Å²) in [6, 6.07) is 4.70. The van der Waals surface area contributed by atoms with E-state index in [1.165, 1.54) is 13.4 Å². The number of benzene rings is 1. The number of ether oxygens (including phenoxy) is 1. The molecule has 20 heavy (non-hydrogen) atoms. The van der Waals surface area contributed by atoms with Crippen molar-refractivity contribution >= 4 is 23.3 Å². The summed E-state index contributed by atoms with van der Waals surface area (Å²) in [6.45, 7) is 1.73. The molecule has 3 rings (SSSR count). The van der Waals surface area contributed by atoms with Crippen LogP contribution in [-0.4, -0.2) is 22.6 Å². The number of halogens is 1. The molecule has 2 heterocycles. The van der Waals surface area contributed by atoms with Gasteiger partial charge in [-0.2, -0.15) is 0 Å². The minimum Gasteiger partial charge on any atom is -0.628 e. The number of carbonyl (C=O) groups excluding carboxylic acids is 1. The Morgan fingerprint density at radius 2 is 2.30 bits per heavy atom. The van der Waals surface area contributed by atoms with Crippen molar-refractivity contribution in [3.05, 3.63) is 46.1 Å². The number of para-hydroxylation sites is 1. The van der Waals surface area contributed by atoms with E-state index in [1.807, 2.05) is 0 Å². The molecule has 0 bridgehead atoms. The average molecular weight is 294 g/mol. The third kappa shape index (κ3) is 1.66. The van der Waals surface area contributed by atoms with E-state index in [2.05, 4.69) is 4.98 Å². The van der Waals surface area contributed by atoms with Gasteiger partial charge in [0.2, 0.25) is 0 Å². The molecule has 0 fully saturated rings. The summed E-state index contributed by atoms with van der Waals surface area (Å²) < 4.78 is 6.43. The highest BCUT2D eigenvalue weighted by atomic mass is 35.5. The molecule has 1 aliphatic rings. The molecule has 0 radical (unpaired) electrons. The largest absolute Gasteiger partial charge is 0.628 e. The summed E-state index contributed by atoms with van der Waals surface area (Å²) >= 11 is 6.12. The van der Waals surface area contributed by atoms with Crippen LogP contribution in [0.4, 0.5) is 5.69 Å². The van der Waals surface area contributed by atoms with Crippen LogP contribution in [0.2, 0.25) is 5.02 Å². The second-order valence-electron chi connectivity index (χ2n) is 4.56. The number of quaternary nitrogens is 1. The van der Waals surface area contributed by atoms with Crippen molar-refractivity contribution in [2.24, 2.45) is 0 Å². The predicted octanol–water partition coefficient (Wildman–Crippen LogP) is 1.40. The van der Waals surface area contributed by atoms with Crippen LogP contribution in [0.3, 0.4) is 0 Å². The van der Waals surface area contributed by atoms with Crippen LogP contribution in [0.25, 0.3) is 5.69 Å². The number of fused-ring (bicyclic) bond motifs is 3. The summed E-state index contributed by atoms with van der Waals surface area (Å²) in [5.74, 6) is -0.552. The Morgan fingerprint density at radius 1 is 1.55 bits per heavy atom. The minimum absolute atomic E-state index is 0.122. The molecule has 1 aromatic carbocycles. The summed E-state index contributed by atoms with van der Waals surface area (Å²) in [7, 11) is 1.29. The first kappa shape index (κ1) is 13.1. The van der Waals surface area contributed by atoms with Crippen molar-refractivity contribution < 1.29 is 14.6 Å². The van der Waals surface area contributed by atoms with Gasteiger partial charge in [-0.3, -0.25) is 4.57 Å². The summed E-state index contributed by atoms with van der Waals surface area (Å²) in [4.78, 5) is 15.8. The fourth-order valence-electron chi connectivity index (χ4n) is 2.52. The highest BCUT2D eigenvalue weighted by molar-refractivity contribution is 6.33. The van der Waals surface area contributed by atoms with Crippen molar-refractivity contribution in [1.29, 1.82) is 0 Å². The Balaban J connectivity index is 2.29. The van der Waals surface area contributed by atoms with Gasteiger partial charge in [0.1, 0.15) is 28.8 Å². The van der Waals surface area contributed by atoms with Gasteiger partial charge in [0.15, 0.2) is 11.4 Å². The highest BCUT2D eigenvalue weighted by Gasteiger charge is 2.35. The summed E-state index contributed by atoms with van der Waals surface area (Å²) in [5, 5.41) is 12.8. The molecule has 2 atom stereocenters. The molecule has 1 aliphatic heterocycles. The molecule has 2 unspecified atom stereocenters. The molecule has 2 aromatic rings. The third-order valence-electron chi connectivity index (χ3n) is 3.48. The lowest BCUT2D eigenvalue weighted by Crippen LogP contribution is -3.03. The fraction of sp³-hybridized carbons (Fsp3) is 0.231. The third-order valence-corrected chi connectivity index (χ3v) is 3.80. The van der Waals surface area contributed by atoms with Gasteiger partial charge in [0, 0.05) is 0 Å². The fourth-order valence-corrected chi connectivity index (χ4v) is 2.78. The summed E-state index contributed by atoms with van der Waals surface area (Å²) in [6.07, 6.45) is 1.51. The van der Waals surface area contributed by atoms with E-state index in [4.69, 9.17) is 16.3 Å². The number of hydroxylamine groups is 1. The number of carbonyl (C=O) groups is 1. The maximum Gasteiger partial charge on any atom is 0.358 e. The van der Waals surface area contributed by atoms with Crippen molar-refractivity contribution in [3.8, 4) is 5.69 Å². The van der Waals surface area contributed by atoms with Gasteiger partial charge in [0.05, 0.1) is 7.11 Å². The molecule has 0 aliphatic carbocycles. The zero-order valence-corrected chi connectivity index (χ0v) is 11.6. The molecule has 0 saturated carbocycles. The highest BCUT2D eigenvalue weighted by Crippen LogP contribution is 2.33. The second kappa shape index (κ2) is 4.59. The Morgan fingerprint density at radius 3 is 3.00 bits per heavy atom. The number of esters is 1. The molecule has 104 valence electrons.